The fourth-order valence-corrected chi connectivity index (χ4v) is 4.62. The first kappa shape index (κ1) is 26.3. The Balaban J connectivity index is 1.45. The molecule has 0 fully saturated rings. The van der Waals surface area contributed by atoms with Crippen LogP contribution in [-0.4, -0.2) is 46.7 Å². The van der Waals surface area contributed by atoms with Crippen molar-refractivity contribution in [2.24, 2.45) is 0 Å². The van der Waals surface area contributed by atoms with Gasteiger partial charge >= 0.3 is 5.97 Å². The van der Waals surface area contributed by atoms with Crippen molar-refractivity contribution in [2.45, 2.75) is 13.5 Å². The standard InChI is InChI=1S/C25H22N4O8S/c1-15-21-23(38-22(15)25(32)37-11-10-36-16-6-4-3-5-7-16)26-14-28(24(21)31)13-20(30)27-18-9-8-17(35-2)12-19(18)29(33)34/h3-9,12,14H,10-11,13H2,1-2H3,(H,27,30). The summed E-state index contributed by atoms with van der Waals surface area (Å²) in [7, 11) is 1.37. The molecule has 0 spiro atoms. The molecular formula is C25H22N4O8S. The van der Waals surface area contributed by atoms with Crippen LogP contribution in [0.5, 0.6) is 11.5 Å². The molecule has 4 rings (SSSR count). The summed E-state index contributed by atoms with van der Waals surface area (Å²) in [5, 5.41) is 14.0. The number of hydrogen-bond acceptors (Lipinski definition) is 10. The molecule has 4 aromatic rings. The second-order valence-corrected chi connectivity index (χ2v) is 8.90. The molecule has 196 valence electrons. The van der Waals surface area contributed by atoms with Crippen molar-refractivity contribution in [1.29, 1.82) is 0 Å². The molecule has 0 saturated heterocycles. The van der Waals surface area contributed by atoms with Gasteiger partial charge in [-0.05, 0) is 36.8 Å². The van der Waals surface area contributed by atoms with Gasteiger partial charge in [-0.1, -0.05) is 18.2 Å². The zero-order valence-electron chi connectivity index (χ0n) is 20.3. The van der Waals surface area contributed by atoms with Crippen LogP contribution in [0.25, 0.3) is 10.2 Å². The highest BCUT2D eigenvalue weighted by Gasteiger charge is 2.22. The first-order valence-corrected chi connectivity index (χ1v) is 12.1. The summed E-state index contributed by atoms with van der Waals surface area (Å²) in [6.07, 6.45) is 1.19. The smallest absolute Gasteiger partial charge is 0.348 e. The third kappa shape index (κ3) is 5.78. The zero-order valence-corrected chi connectivity index (χ0v) is 21.1. The summed E-state index contributed by atoms with van der Waals surface area (Å²) < 4.78 is 16.8. The topological polar surface area (TPSA) is 152 Å². The van der Waals surface area contributed by atoms with Crippen molar-refractivity contribution in [1.82, 2.24) is 9.55 Å². The maximum Gasteiger partial charge on any atom is 0.348 e. The second-order valence-electron chi connectivity index (χ2n) is 7.90. The van der Waals surface area contributed by atoms with Crippen molar-refractivity contribution in [3.05, 3.63) is 85.8 Å². The van der Waals surface area contributed by atoms with Gasteiger partial charge in [0, 0.05) is 0 Å². The molecule has 0 radical (unpaired) electrons. The van der Waals surface area contributed by atoms with Crippen LogP contribution in [0.4, 0.5) is 11.4 Å². The van der Waals surface area contributed by atoms with E-state index in [0.717, 1.165) is 15.9 Å². The van der Waals surface area contributed by atoms with Gasteiger partial charge in [0.2, 0.25) is 5.91 Å². The van der Waals surface area contributed by atoms with Crippen molar-refractivity contribution in [3.63, 3.8) is 0 Å². The predicted octanol–water partition coefficient (Wildman–Crippen LogP) is 3.56. The lowest BCUT2D eigenvalue weighted by atomic mass is 10.2. The number of nitro groups is 1. The highest BCUT2D eigenvalue weighted by Crippen LogP contribution is 2.29. The Morgan fingerprint density at radius 2 is 1.89 bits per heavy atom. The second kappa shape index (κ2) is 11.5. The van der Waals surface area contributed by atoms with Crippen molar-refractivity contribution in [2.75, 3.05) is 25.6 Å². The molecule has 1 N–H and O–H groups in total. The number of rotatable bonds is 10. The minimum Gasteiger partial charge on any atom is -0.496 e. The van der Waals surface area contributed by atoms with E-state index in [1.165, 1.54) is 31.6 Å². The Morgan fingerprint density at radius 1 is 1.13 bits per heavy atom. The Morgan fingerprint density at radius 3 is 2.61 bits per heavy atom. The number of anilines is 1. The molecule has 13 heteroatoms. The zero-order chi connectivity index (χ0) is 27.2. The maximum absolute atomic E-state index is 13.1. The number of nitro benzene ring substituents is 1. The molecule has 2 aromatic heterocycles. The molecule has 0 aliphatic rings. The lowest BCUT2D eigenvalue weighted by molar-refractivity contribution is -0.384. The Hall–Kier alpha value is -4.78. The summed E-state index contributed by atoms with van der Waals surface area (Å²) >= 11 is 1.01. The summed E-state index contributed by atoms with van der Waals surface area (Å²) in [4.78, 5) is 53.8. The number of nitrogens with one attached hydrogen (secondary N) is 1. The third-order valence-corrected chi connectivity index (χ3v) is 6.60. The summed E-state index contributed by atoms with van der Waals surface area (Å²) in [5.74, 6) is -0.381. The molecule has 12 nitrogen and oxygen atoms in total. The largest absolute Gasteiger partial charge is 0.496 e. The van der Waals surface area contributed by atoms with Gasteiger partial charge in [-0.2, -0.15) is 0 Å². The monoisotopic (exact) mass is 538 g/mol. The van der Waals surface area contributed by atoms with E-state index < -0.39 is 28.9 Å². The number of carbonyl (C=O) groups is 2. The maximum atomic E-state index is 13.1. The lowest BCUT2D eigenvalue weighted by Crippen LogP contribution is -2.28. The van der Waals surface area contributed by atoms with Gasteiger partial charge in [0.1, 0.15) is 46.7 Å². The first-order chi connectivity index (χ1) is 18.3. The van der Waals surface area contributed by atoms with Crippen LogP contribution >= 0.6 is 11.3 Å². The number of methoxy groups -OCH3 is 1. The predicted molar refractivity (Wildman–Crippen MR) is 139 cm³/mol. The molecule has 0 unspecified atom stereocenters. The van der Waals surface area contributed by atoms with Gasteiger partial charge < -0.3 is 19.5 Å². The molecule has 0 aliphatic heterocycles. The SMILES string of the molecule is COc1ccc(NC(=O)Cn2cnc3sc(C(=O)OCCOc4ccccc4)c(C)c3c2=O)c([N+](=O)[O-])c1. The number of esters is 1. The third-order valence-electron chi connectivity index (χ3n) is 5.42. The van der Waals surface area contributed by atoms with Crippen LogP contribution in [0.3, 0.4) is 0 Å². The molecule has 1 amide bonds. The average molecular weight is 539 g/mol. The lowest BCUT2D eigenvalue weighted by Gasteiger charge is -2.09. The Labute approximate surface area is 219 Å². The fourth-order valence-electron chi connectivity index (χ4n) is 3.58. The number of aromatic nitrogens is 2. The number of nitrogens with zero attached hydrogens (tertiary/aromatic N) is 3. The van der Waals surface area contributed by atoms with Crippen molar-refractivity contribution < 1.29 is 28.7 Å². The number of aryl methyl sites for hydroxylation is 1. The van der Waals surface area contributed by atoms with Gasteiger partial charge in [-0.25, -0.2) is 9.78 Å². The van der Waals surface area contributed by atoms with Crippen LogP contribution in [0, 0.1) is 17.0 Å². The normalized spacial score (nSPS) is 10.7. The van der Waals surface area contributed by atoms with Crippen LogP contribution in [0.2, 0.25) is 0 Å². The molecule has 38 heavy (non-hydrogen) atoms. The summed E-state index contributed by atoms with van der Waals surface area (Å²) in [6.45, 7) is 1.32. The van der Waals surface area contributed by atoms with E-state index in [-0.39, 0.29) is 40.6 Å². The number of para-hydroxylation sites is 1. The Bertz CT molecular complexity index is 1570. The minimum absolute atomic E-state index is 0.0107. The van der Waals surface area contributed by atoms with E-state index in [9.17, 15) is 24.5 Å². The van der Waals surface area contributed by atoms with E-state index >= 15 is 0 Å². The summed E-state index contributed by atoms with van der Waals surface area (Å²) in [5.41, 5.74) is -0.549. The van der Waals surface area contributed by atoms with Gasteiger partial charge in [0.25, 0.3) is 11.2 Å². The van der Waals surface area contributed by atoms with E-state index in [4.69, 9.17) is 14.2 Å². The number of hydrogen-bond donors (Lipinski definition) is 1. The van der Waals surface area contributed by atoms with Crippen LogP contribution < -0.4 is 20.3 Å². The van der Waals surface area contributed by atoms with Gasteiger partial charge in [-0.15, -0.1) is 11.3 Å². The molecule has 0 bridgehead atoms. The first-order valence-electron chi connectivity index (χ1n) is 11.2. The highest BCUT2D eigenvalue weighted by molar-refractivity contribution is 7.20. The molecule has 2 aromatic carbocycles. The van der Waals surface area contributed by atoms with Crippen molar-refractivity contribution >= 4 is 44.8 Å². The number of carbonyl (C=O) groups excluding carboxylic acids is 2. The van der Waals surface area contributed by atoms with E-state index in [1.807, 2.05) is 18.2 Å². The average Bonchev–Trinajstić information content (AvgIpc) is 3.25. The number of thiophene rings is 1. The van der Waals surface area contributed by atoms with Crippen LogP contribution in [-0.2, 0) is 16.1 Å². The van der Waals surface area contributed by atoms with Gasteiger partial charge in [0.15, 0.2) is 0 Å². The van der Waals surface area contributed by atoms with Crippen LogP contribution in [0.15, 0.2) is 59.7 Å². The van der Waals surface area contributed by atoms with Crippen molar-refractivity contribution in [3.8, 4) is 11.5 Å². The number of benzene rings is 2. The quantitative estimate of drug-likeness (QED) is 0.138. The number of fused-ring (bicyclic) bond motifs is 1. The van der Waals surface area contributed by atoms with Crippen LogP contribution in [0.1, 0.15) is 15.2 Å². The minimum atomic E-state index is -0.674. The highest BCUT2D eigenvalue weighted by atomic mass is 32.1. The van der Waals surface area contributed by atoms with E-state index in [0.29, 0.717) is 16.1 Å². The van der Waals surface area contributed by atoms with Gasteiger partial charge in [-0.3, -0.25) is 24.3 Å². The molecule has 0 aliphatic carbocycles. The van der Waals surface area contributed by atoms with Gasteiger partial charge in [0.05, 0.1) is 29.8 Å². The molecular weight excluding hydrogens is 516 g/mol. The molecule has 0 atom stereocenters. The molecule has 2 heterocycles. The summed E-state index contributed by atoms with van der Waals surface area (Å²) in [6, 6.07) is 13.1. The fraction of sp³-hybridized carbons (Fsp3) is 0.200. The molecule has 0 saturated carbocycles. The number of ether oxygens (including phenoxy) is 3. The van der Waals surface area contributed by atoms with E-state index in [2.05, 4.69) is 10.3 Å². The number of amides is 1. The van der Waals surface area contributed by atoms with E-state index in [1.54, 1.807) is 19.1 Å². The Kier molecular flexibility index (Phi) is 7.97.